The molecular weight excluding hydrogens is 240 g/mol. The van der Waals surface area contributed by atoms with Crippen LogP contribution in [0.1, 0.15) is 50.0 Å². The highest BCUT2D eigenvalue weighted by atomic mass is 79.9. The largest absolute Gasteiger partial charge is 0.240 e. The third-order valence-corrected chi connectivity index (χ3v) is 3.49. The van der Waals surface area contributed by atoms with Crippen molar-refractivity contribution in [1.82, 2.24) is 9.97 Å². The Morgan fingerprint density at radius 1 is 1.43 bits per heavy atom. The summed E-state index contributed by atoms with van der Waals surface area (Å²) in [5, 5.41) is 0. The van der Waals surface area contributed by atoms with Gasteiger partial charge in [0.2, 0.25) is 0 Å². The van der Waals surface area contributed by atoms with Crippen LogP contribution in [0.4, 0.5) is 0 Å². The maximum atomic E-state index is 4.61. The Hall–Kier alpha value is -0.440. The van der Waals surface area contributed by atoms with E-state index < -0.39 is 0 Å². The van der Waals surface area contributed by atoms with Crippen LogP contribution in [-0.4, -0.2) is 9.97 Å². The number of nitrogens with zero attached hydrogens (tertiary/aromatic N) is 2. The van der Waals surface area contributed by atoms with Crippen molar-refractivity contribution in [3.63, 3.8) is 0 Å². The molecule has 1 heterocycles. The highest BCUT2D eigenvalue weighted by molar-refractivity contribution is 9.10. The number of halogens is 1. The van der Waals surface area contributed by atoms with Crippen molar-refractivity contribution in [2.24, 2.45) is 0 Å². The molecule has 76 valence electrons. The first-order chi connectivity index (χ1) is 6.81. The fraction of sp³-hybridized carbons (Fsp3) is 0.636. The monoisotopic (exact) mass is 254 g/mol. The Bertz CT molecular complexity index is 319. The summed E-state index contributed by atoms with van der Waals surface area (Å²) in [6.45, 7) is 2.10. The van der Waals surface area contributed by atoms with E-state index in [0.29, 0.717) is 5.92 Å². The molecule has 1 aromatic heterocycles. The van der Waals surface area contributed by atoms with E-state index in [2.05, 4.69) is 32.8 Å². The van der Waals surface area contributed by atoms with Crippen molar-refractivity contribution >= 4 is 15.9 Å². The second-order valence-electron chi connectivity index (χ2n) is 3.85. The Balaban J connectivity index is 2.29. The highest BCUT2D eigenvalue weighted by Gasteiger charge is 2.21. The quantitative estimate of drug-likeness (QED) is 0.808. The van der Waals surface area contributed by atoms with Crippen molar-refractivity contribution < 1.29 is 0 Å². The van der Waals surface area contributed by atoms with Gasteiger partial charge >= 0.3 is 0 Å². The van der Waals surface area contributed by atoms with E-state index in [1.807, 2.05) is 6.20 Å². The van der Waals surface area contributed by atoms with E-state index >= 15 is 0 Å². The maximum Gasteiger partial charge on any atom is 0.128 e. The van der Waals surface area contributed by atoms with Crippen LogP contribution in [0.5, 0.6) is 0 Å². The molecule has 0 atom stereocenters. The first-order valence-corrected chi connectivity index (χ1v) is 6.12. The second-order valence-corrected chi connectivity index (χ2v) is 4.71. The minimum absolute atomic E-state index is 0.665. The molecule has 0 aromatic carbocycles. The molecule has 1 aliphatic rings. The Morgan fingerprint density at radius 3 is 2.79 bits per heavy atom. The van der Waals surface area contributed by atoms with Crippen LogP contribution in [0.15, 0.2) is 10.7 Å². The molecule has 2 rings (SSSR count). The molecule has 0 saturated heterocycles. The van der Waals surface area contributed by atoms with Crippen molar-refractivity contribution in [3.05, 3.63) is 22.2 Å². The van der Waals surface area contributed by atoms with E-state index in [-0.39, 0.29) is 0 Å². The van der Waals surface area contributed by atoms with Crippen molar-refractivity contribution in [1.29, 1.82) is 0 Å². The van der Waals surface area contributed by atoms with Gasteiger partial charge in [-0.05, 0) is 28.8 Å². The zero-order valence-electron chi connectivity index (χ0n) is 8.46. The SMILES string of the molecule is CCc1ncc(Br)c(C2CCCC2)n1. The standard InChI is InChI=1S/C11H15BrN2/c1-2-10-13-7-9(12)11(14-10)8-5-3-4-6-8/h7-8H,2-6H2,1H3. The summed E-state index contributed by atoms with van der Waals surface area (Å²) in [6, 6.07) is 0. The van der Waals surface area contributed by atoms with E-state index in [0.717, 1.165) is 16.7 Å². The van der Waals surface area contributed by atoms with Gasteiger partial charge in [0.1, 0.15) is 5.82 Å². The van der Waals surface area contributed by atoms with Crippen LogP contribution in [0.25, 0.3) is 0 Å². The van der Waals surface area contributed by atoms with Crippen LogP contribution < -0.4 is 0 Å². The predicted octanol–water partition coefficient (Wildman–Crippen LogP) is 3.46. The molecule has 1 aliphatic carbocycles. The molecule has 3 heteroatoms. The third kappa shape index (κ3) is 1.97. The summed E-state index contributed by atoms with van der Waals surface area (Å²) in [5.74, 6) is 1.63. The number of hydrogen-bond acceptors (Lipinski definition) is 2. The fourth-order valence-electron chi connectivity index (χ4n) is 2.07. The zero-order valence-corrected chi connectivity index (χ0v) is 10.0. The third-order valence-electron chi connectivity index (χ3n) is 2.88. The summed E-state index contributed by atoms with van der Waals surface area (Å²) in [5.41, 5.74) is 1.23. The molecule has 0 bridgehead atoms. The van der Waals surface area contributed by atoms with E-state index in [1.165, 1.54) is 31.4 Å². The number of hydrogen-bond donors (Lipinski definition) is 0. The highest BCUT2D eigenvalue weighted by Crippen LogP contribution is 2.36. The first-order valence-electron chi connectivity index (χ1n) is 5.32. The smallest absolute Gasteiger partial charge is 0.128 e. The first kappa shape index (κ1) is 10.1. The van der Waals surface area contributed by atoms with Crippen LogP contribution in [0.3, 0.4) is 0 Å². The molecular formula is C11H15BrN2. The number of rotatable bonds is 2. The molecule has 0 N–H and O–H groups in total. The van der Waals surface area contributed by atoms with E-state index in [4.69, 9.17) is 0 Å². The summed E-state index contributed by atoms with van der Waals surface area (Å²) in [6.07, 6.45) is 8.11. The molecule has 0 amide bonds. The van der Waals surface area contributed by atoms with Gasteiger partial charge in [-0.1, -0.05) is 19.8 Å². The summed E-state index contributed by atoms with van der Waals surface area (Å²) < 4.78 is 1.08. The number of aryl methyl sites for hydroxylation is 1. The normalized spacial score (nSPS) is 17.6. The lowest BCUT2D eigenvalue weighted by atomic mass is 10.0. The molecule has 14 heavy (non-hydrogen) atoms. The summed E-state index contributed by atoms with van der Waals surface area (Å²) in [7, 11) is 0. The lowest BCUT2D eigenvalue weighted by Gasteiger charge is -2.11. The van der Waals surface area contributed by atoms with Gasteiger partial charge in [0.05, 0.1) is 10.2 Å². The topological polar surface area (TPSA) is 25.8 Å². The average Bonchev–Trinajstić information content (AvgIpc) is 2.71. The lowest BCUT2D eigenvalue weighted by molar-refractivity contribution is 0.679. The summed E-state index contributed by atoms with van der Waals surface area (Å²) in [4.78, 5) is 8.89. The Morgan fingerprint density at radius 2 is 2.14 bits per heavy atom. The second kappa shape index (κ2) is 4.39. The maximum absolute atomic E-state index is 4.61. The Labute approximate surface area is 93.3 Å². The van der Waals surface area contributed by atoms with Gasteiger partial charge in [-0.3, -0.25) is 0 Å². The van der Waals surface area contributed by atoms with Gasteiger partial charge in [0.25, 0.3) is 0 Å². The van der Waals surface area contributed by atoms with Crippen molar-refractivity contribution in [2.75, 3.05) is 0 Å². The van der Waals surface area contributed by atoms with Gasteiger partial charge in [0.15, 0.2) is 0 Å². The minimum Gasteiger partial charge on any atom is -0.240 e. The minimum atomic E-state index is 0.665. The summed E-state index contributed by atoms with van der Waals surface area (Å²) >= 11 is 3.54. The molecule has 0 spiro atoms. The van der Waals surface area contributed by atoms with E-state index in [9.17, 15) is 0 Å². The van der Waals surface area contributed by atoms with Gasteiger partial charge in [-0.2, -0.15) is 0 Å². The molecule has 0 radical (unpaired) electrons. The van der Waals surface area contributed by atoms with Gasteiger partial charge in [-0.25, -0.2) is 9.97 Å². The predicted molar refractivity (Wildman–Crippen MR) is 60.3 cm³/mol. The van der Waals surface area contributed by atoms with Crippen molar-refractivity contribution in [3.8, 4) is 0 Å². The number of aromatic nitrogens is 2. The van der Waals surface area contributed by atoms with Gasteiger partial charge < -0.3 is 0 Å². The fourth-order valence-corrected chi connectivity index (χ4v) is 2.59. The molecule has 0 aliphatic heterocycles. The molecule has 0 unspecified atom stereocenters. The molecule has 1 saturated carbocycles. The van der Waals surface area contributed by atoms with Gasteiger partial charge in [0, 0.05) is 18.5 Å². The van der Waals surface area contributed by atoms with E-state index in [1.54, 1.807) is 0 Å². The molecule has 1 aromatic rings. The Kier molecular flexibility index (Phi) is 3.16. The molecule has 2 nitrogen and oxygen atoms in total. The van der Waals surface area contributed by atoms with Crippen LogP contribution in [-0.2, 0) is 6.42 Å². The average molecular weight is 255 g/mol. The zero-order chi connectivity index (χ0) is 9.97. The van der Waals surface area contributed by atoms with Crippen molar-refractivity contribution in [2.45, 2.75) is 44.9 Å². The molecule has 1 fully saturated rings. The van der Waals surface area contributed by atoms with Gasteiger partial charge in [-0.15, -0.1) is 0 Å². The van der Waals surface area contributed by atoms with Crippen LogP contribution in [0, 0.1) is 0 Å². The van der Waals surface area contributed by atoms with Crippen LogP contribution >= 0.6 is 15.9 Å². The van der Waals surface area contributed by atoms with Crippen LogP contribution in [0.2, 0.25) is 0 Å². The lowest BCUT2D eigenvalue weighted by Crippen LogP contribution is -2.02.